The minimum atomic E-state index is -0.729. The Kier molecular flexibility index (Phi) is 5.53. The highest BCUT2D eigenvalue weighted by atomic mass is 35.5. The number of para-hydroxylation sites is 1. The zero-order valence-corrected chi connectivity index (χ0v) is 16.4. The average Bonchev–Trinajstić information content (AvgIpc) is 3.40. The third kappa shape index (κ3) is 4.27. The van der Waals surface area contributed by atoms with Crippen LogP contribution >= 0.6 is 11.6 Å². The van der Waals surface area contributed by atoms with Crippen molar-refractivity contribution >= 4 is 34.8 Å². The van der Waals surface area contributed by atoms with Gasteiger partial charge in [-0.1, -0.05) is 29.8 Å². The molecule has 0 bridgehead atoms. The lowest BCUT2D eigenvalue weighted by atomic mass is 10.1. The number of hydrogen-bond acceptors (Lipinski definition) is 4. The summed E-state index contributed by atoms with van der Waals surface area (Å²) in [6.45, 7) is 1.06. The zero-order valence-electron chi connectivity index (χ0n) is 15.6. The number of nitrogens with zero attached hydrogens (tertiary/aromatic N) is 1. The van der Waals surface area contributed by atoms with Gasteiger partial charge in [0, 0.05) is 29.5 Å². The van der Waals surface area contributed by atoms with Crippen molar-refractivity contribution in [2.75, 3.05) is 23.3 Å². The highest BCUT2D eigenvalue weighted by Gasteiger charge is 2.29. The Bertz CT molecular complexity index is 1000. The lowest BCUT2D eigenvalue weighted by molar-refractivity contribution is -0.136. The fraction of sp³-hybridized carbons (Fsp3) is 0.182. The number of halogens is 1. The maximum atomic E-state index is 12.4. The van der Waals surface area contributed by atoms with Gasteiger partial charge in [0.2, 0.25) is 0 Å². The van der Waals surface area contributed by atoms with Gasteiger partial charge < -0.3 is 20.0 Å². The lowest BCUT2D eigenvalue weighted by Crippen LogP contribution is -2.41. The van der Waals surface area contributed by atoms with Crippen LogP contribution in [-0.4, -0.2) is 24.9 Å². The Balaban J connectivity index is 1.44. The van der Waals surface area contributed by atoms with E-state index in [2.05, 4.69) is 27.7 Å². The molecule has 29 heavy (non-hydrogen) atoms. The predicted octanol–water partition coefficient (Wildman–Crippen LogP) is 3.79. The molecule has 0 saturated heterocycles. The molecule has 6 nitrogen and oxygen atoms in total. The molecule has 0 saturated carbocycles. The largest absolute Gasteiger partial charge is 0.467 e. The number of furan rings is 1. The van der Waals surface area contributed by atoms with Crippen molar-refractivity contribution < 1.29 is 14.0 Å². The number of carbonyl (C=O) groups excluding carboxylic acids is 2. The van der Waals surface area contributed by atoms with Crippen LogP contribution in [0.5, 0.6) is 0 Å². The van der Waals surface area contributed by atoms with Crippen LogP contribution in [0.2, 0.25) is 5.02 Å². The maximum absolute atomic E-state index is 12.4. The minimum Gasteiger partial charge on any atom is -0.467 e. The predicted molar refractivity (Wildman–Crippen MR) is 112 cm³/mol. The van der Waals surface area contributed by atoms with E-state index in [4.69, 9.17) is 16.0 Å². The summed E-state index contributed by atoms with van der Waals surface area (Å²) < 4.78 is 5.62. The van der Waals surface area contributed by atoms with Crippen molar-refractivity contribution in [3.05, 3.63) is 83.3 Å². The van der Waals surface area contributed by atoms with Gasteiger partial charge in [-0.15, -0.1) is 0 Å². The van der Waals surface area contributed by atoms with E-state index < -0.39 is 11.8 Å². The number of nitrogens with one attached hydrogen (secondary N) is 2. The fourth-order valence-electron chi connectivity index (χ4n) is 3.52. The number of anilines is 2. The number of benzene rings is 2. The number of amides is 2. The molecule has 2 N–H and O–H groups in total. The monoisotopic (exact) mass is 409 g/mol. The Labute approximate surface area is 173 Å². The molecule has 2 amide bonds. The molecule has 3 aromatic rings. The molecule has 1 aromatic heterocycles. The van der Waals surface area contributed by atoms with E-state index >= 15 is 0 Å². The molecular weight excluding hydrogens is 390 g/mol. The summed E-state index contributed by atoms with van der Waals surface area (Å²) in [5, 5.41) is 5.85. The third-order valence-electron chi connectivity index (χ3n) is 4.94. The van der Waals surface area contributed by atoms with Crippen LogP contribution in [0, 0.1) is 0 Å². The summed E-state index contributed by atoms with van der Waals surface area (Å²) in [6.07, 6.45) is 2.54. The molecule has 0 unspecified atom stereocenters. The Morgan fingerprint density at radius 2 is 1.83 bits per heavy atom. The molecule has 0 aliphatic carbocycles. The van der Waals surface area contributed by atoms with Crippen LogP contribution in [-0.2, 0) is 16.0 Å². The minimum absolute atomic E-state index is 0.207. The third-order valence-corrected chi connectivity index (χ3v) is 5.19. The summed E-state index contributed by atoms with van der Waals surface area (Å²) in [5.74, 6) is -0.698. The highest BCUT2D eigenvalue weighted by Crippen LogP contribution is 2.34. The second-order valence-electron chi connectivity index (χ2n) is 6.77. The van der Waals surface area contributed by atoms with Gasteiger partial charge in [-0.2, -0.15) is 0 Å². The number of fused-ring (bicyclic) bond motifs is 1. The molecule has 4 rings (SSSR count). The molecule has 1 atom stereocenters. The molecule has 0 spiro atoms. The van der Waals surface area contributed by atoms with Gasteiger partial charge in [0.05, 0.1) is 6.26 Å². The van der Waals surface area contributed by atoms with E-state index in [1.54, 1.807) is 30.5 Å². The molecule has 2 aromatic carbocycles. The summed E-state index contributed by atoms with van der Waals surface area (Å²) in [6, 6.07) is 18.2. The number of carbonyl (C=O) groups is 2. The van der Waals surface area contributed by atoms with E-state index in [-0.39, 0.29) is 12.6 Å². The molecule has 0 fully saturated rings. The van der Waals surface area contributed by atoms with Crippen molar-refractivity contribution in [2.45, 2.75) is 12.5 Å². The Hall–Kier alpha value is -3.25. The van der Waals surface area contributed by atoms with Crippen LogP contribution in [0.4, 0.5) is 11.4 Å². The molecule has 0 radical (unpaired) electrons. The van der Waals surface area contributed by atoms with Gasteiger partial charge in [-0.25, -0.2) is 0 Å². The van der Waals surface area contributed by atoms with Gasteiger partial charge in [0.25, 0.3) is 0 Å². The normalized spacial score (nSPS) is 13.6. The lowest BCUT2D eigenvalue weighted by Gasteiger charge is -2.29. The van der Waals surface area contributed by atoms with Crippen molar-refractivity contribution in [1.82, 2.24) is 5.32 Å². The first-order valence-electron chi connectivity index (χ1n) is 9.34. The van der Waals surface area contributed by atoms with Crippen molar-refractivity contribution in [3.63, 3.8) is 0 Å². The van der Waals surface area contributed by atoms with Crippen LogP contribution in [0.3, 0.4) is 0 Å². The maximum Gasteiger partial charge on any atom is 0.313 e. The second kappa shape index (κ2) is 8.41. The molecule has 1 aliphatic rings. The summed E-state index contributed by atoms with van der Waals surface area (Å²) in [5.41, 5.74) is 2.88. The second-order valence-corrected chi connectivity index (χ2v) is 7.21. The zero-order chi connectivity index (χ0) is 20.2. The van der Waals surface area contributed by atoms with E-state index in [1.807, 2.05) is 24.3 Å². The van der Waals surface area contributed by atoms with Crippen LogP contribution in [0.1, 0.15) is 17.4 Å². The Morgan fingerprint density at radius 3 is 2.59 bits per heavy atom. The molecule has 7 heteroatoms. The van der Waals surface area contributed by atoms with E-state index in [9.17, 15) is 9.59 Å². The van der Waals surface area contributed by atoms with Gasteiger partial charge in [0.1, 0.15) is 11.8 Å². The first-order valence-corrected chi connectivity index (χ1v) is 9.72. The van der Waals surface area contributed by atoms with Gasteiger partial charge in [-0.05, 0) is 54.4 Å². The first kappa shape index (κ1) is 19.1. The molecule has 2 heterocycles. The van der Waals surface area contributed by atoms with Gasteiger partial charge in [0.15, 0.2) is 0 Å². The summed E-state index contributed by atoms with van der Waals surface area (Å²) in [7, 11) is 0. The van der Waals surface area contributed by atoms with Crippen molar-refractivity contribution in [3.8, 4) is 0 Å². The van der Waals surface area contributed by atoms with E-state index in [0.717, 1.165) is 24.4 Å². The van der Waals surface area contributed by atoms with Crippen molar-refractivity contribution in [2.24, 2.45) is 0 Å². The highest BCUT2D eigenvalue weighted by molar-refractivity contribution is 6.39. The first-order chi connectivity index (χ1) is 14.1. The van der Waals surface area contributed by atoms with Gasteiger partial charge in [-0.3, -0.25) is 9.59 Å². The smallest absolute Gasteiger partial charge is 0.313 e. The van der Waals surface area contributed by atoms with Crippen LogP contribution in [0.15, 0.2) is 71.3 Å². The molecular formula is C22H20ClN3O3. The molecule has 148 valence electrons. The van der Waals surface area contributed by atoms with E-state index in [1.165, 1.54) is 5.56 Å². The SMILES string of the molecule is O=C(NC[C@H](c1ccco1)N1CCc2ccccc21)C(=O)Nc1ccc(Cl)cc1. The standard InChI is InChI=1S/C22H20ClN3O3/c23-16-7-9-17(10-8-16)25-22(28)21(27)24-14-19(20-6-3-13-29-20)26-12-11-15-4-1-2-5-18(15)26/h1-10,13,19H,11-12,14H2,(H,24,27)(H,25,28)/t19-/m1/s1. The molecule has 1 aliphatic heterocycles. The van der Waals surface area contributed by atoms with Gasteiger partial charge >= 0.3 is 11.8 Å². The summed E-state index contributed by atoms with van der Waals surface area (Å²) in [4.78, 5) is 26.8. The average molecular weight is 410 g/mol. The van der Waals surface area contributed by atoms with E-state index in [0.29, 0.717) is 10.7 Å². The number of rotatable bonds is 5. The quantitative estimate of drug-likeness (QED) is 0.629. The fourth-order valence-corrected chi connectivity index (χ4v) is 3.65. The number of hydrogen-bond donors (Lipinski definition) is 2. The van der Waals surface area contributed by atoms with Crippen LogP contribution < -0.4 is 15.5 Å². The van der Waals surface area contributed by atoms with Crippen molar-refractivity contribution in [1.29, 1.82) is 0 Å². The van der Waals surface area contributed by atoms with Crippen LogP contribution in [0.25, 0.3) is 0 Å². The topological polar surface area (TPSA) is 74.6 Å². The Morgan fingerprint density at radius 1 is 1.03 bits per heavy atom. The summed E-state index contributed by atoms with van der Waals surface area (Å²) >= 11 is 5.84.